The van der Waals surface area contributed by atoms with Crippen LogP contribution in [-0.2, 0) is 4.74 Å². The lowest BCUT2D eigenvalue weighted by molar-refractivity contribution is -0.131. The van der Waals surface area contributed by atoms with Crippen LogP contribution in [0.5, 0.6) is 0 Å². The van der Waals surface area contributed by atoms with Crippen LogP contribution in [0.4, 0.5) is 24.5 Å². The van der Waals surface area contributed by atoms with Crippen molar-refractivity contribution in [3.8, 4) is 0 Å². The summed E-state index contributed by atoms with van der Waals surface area (Å²) in [4.78, 5) is 11.3. The van der Waals surface area contributed by atoms with Crippen molar-refractivity contribution in [1.29, 1.82) is 0 Å². The zero-order valence-corrected chi connectivity index (χ0v) is 9.67. The monoisotopic (exact) mass is 262 g/mol. The summed E-state index contributed by atoms with van der Waals surface area (Å²) in [6.45, 7) is -0.270. The van der Waals surface area contributed by atoms with Crippen LogP contribution < -0.4 is 11.1 Å². The van der Waals surface area contributed by atoms with Crippen molar-refractivity contribution in [2.24, 2.45) is 0 Å². The standard InChI is InChI=1S/C11H13F3N2O2/c1-18-10(17)8-6-7(2-3-9(8)15)16-5-4-11(12,13)14/h2-3,6,16H,4-5,15H2,1H3. The number of alkyl halides is 3. The Morgan fingerprint density at radius 1 is 1.44 bits per heavy atom. The van der Waals surface area contributed by atoms with Crippen molar-refractivity contribution in [3.05, 3.63) is 23.8 Å². The number of ether oxygens (including phenoxy) is 1. The number of halogens is 3. The molecule has 0 saturated heterocycles. The summed E-state index contributed by atoms with van der Waals surface area (Å²) in [5, 5.41) is 2.56. The third-order valence-corrected chi connectivity index (χ3v) is 2.20. The molecule has 0 radical (unpaired) electrons. The lowest BCUT2D eigenvalue weighted by atomic mass is 10.1. The van der Waals surface area contributed by atoms with Gasteiger partial charge in [0.25, 0.3) is 0 Å². The summed E-state index contributed by atoms with van der Waals surface area (Å²) in [6.07, 6.45) is -5.17. The highest BCUT2D eigenvalue weighted by Gasteiger charge is 2.26. The van der Waals surface area contributed by atoms with E-state index in [0.717, 1.165) is 0 Å². The van der Waals surface area contributed by atoms with Crippen LogP contribution in [0.1, 0.15) is 16.8 Å². The van der Waals surface area contributed by atoms with E-state index in [-0.39, 0.29) is 17.8 Å². The molecule has 0 aliphatic rings. The van der Waals surface area contributed by atoms with Crippen LogP contribution in [0, 0.1) is 0 Å². The molecule has 0 atom stereocenters. The molecule has 0 aliphatic carbocycles. The molecule has 1 aromatic rings. The summed E-state index contributed by atoms with van der Waals surface area (Å²) >= 11 is 0. The van der Waals surface area contributed by atoms with Crippen molar-refractivity contribution >= 4 is 17.3 Å². The predicted molar refractivity (Wildman–Crippen MR) is 61.4 cm³/mol. The van der Waals surface area contributed by atoms with Crippen LogP contribution in [-0.4, -0.2) is 25.8 Å². The summed E-state index contributed by atoms with van der Waals surface area (Å²) in [5.74, 6) is -0.632. The topological polar surface area (TPSA) is 64.3 Å². The average Bonchev–Trinajstić information content (AvgIpc) is 2.28. The fourth-order valence-corrected chi connectivity index (χ4v) is 1.30. The van der Waals surface area contributed by atoms with E-state index in [2.05, 4.69) is 10.1 Å². The molecule has 0 aromatic heterocycles. The van der Waals surface area contributed by atoms with Crippen molar-refractivity contribution < 1.29 is 22.7 Å². The molecular formula is C11H13F3N2O2. The number of carbonyl (C=O) groups is 1. The molecule has 100 valence electrons. The van der Waals surface area contributed by atoms with Gasteiger partial charge < -0.3 is 15.8 Å². The highest BCUT2D eigenvalue weighted by atomic mass is 19.4. The van der Waals surface area contributed by atoms with Gasteiger partial charge >= 0.3 is 12.1 Å². The number of hydrogen-bond acceptors (Lipinski definition) is 4. The maximum absolute atomic E-state index is 12.0. The first-order valence-electron chi connectivity index (χ1n) is 5.12. The largest absolute Gasteiger partial charge is 0.465 e. The van der Waals surface area contributed by atoms with Crippen LogP contribution in [0.15, 0.2) is 18.2 Å². The normalized spacial score (nSPS) is 11.1. The van der Waals surface area contributed by atoms with Crippen molar-refractivity contribution in [2.45, 2.75) is 12.6 Å². The number of esters is 1. The van der Waals surface area contributed by atoms with Gasteiger partial charge in [-0.1, -0.05) is 0 Å². The number of nitrogen functional groups attached to an aromatic ring is 1. The molecule has 0 unspecified atom stereocenters. The van der Waals surface area contributed by atoms with Gasteiger partial charge in [0.1, 0.15) is 0 Å². The third-order valence-electron chi connectivity index (χ3n) is 2.20. The lowest BCUT2D eigenvalue weighted by Crippen LogP contribution is -2.15. The number of benzene rings is 1. The SMILES string of the molecule is COC(=O)c1cc(NCCC(F)(F)F)ccc1N. The molecule has 0 amide bonds. The van der Waals surface area contributed by atoms with Gasteiger partial charge in [-0.15, -0.1) is 0 Å². The lowest BCUT2D eigenvalue weighted by Gasteiger charge is -2.11. The third kappa shape index (κ3) is 4.15. The summed E-state index contributed by atoms with van der Waals surface area (Å²) in [7, 11) is 1.20. The molecule has 4 nitrogen and oxygen atoms in total. The summed E-state index contributed by atoms with van der Waals surface area (Å²) < 4.78 is 40.4. The van der Waals surface area contributed by atoms with Gasteiger partial charge in [-0.05, 0) is 18.2 Å². The maximum atomic E-state index is 12.0. The van der Waals surface area contributed by atoms with E-state index in [4.69, 9.17) is 5.73 Å². The Hall–Kier alpha value is -1.92. The minimum Gasteiger partial charge on any atom is -0.465 e. The number of methoxy groups -OCH3 is 1. The van der Waals surface area contributed by atoms with Crippen molar-refractivity contribution in [1.82, 2.24) is 0 Å². The Morgan fingerprint density at radius 2 is 2.11 bits per heavy atom. The number of anilines is 2. The molecule has 0 fully saturated rings. The zero-order valence-electron chi connectivity index (χ0n) is 9.67. The quantitative estimate of drug-likeness (QED) is 0.646. The second-order valence-electron chi connectivity index (χ2n) is 3.59. The van der Waals surface area contributed by atoms with Gasteiger partial charge in [0.05, 0.1) is 19.1 Å². The molecule has 3 N–H and O–H groups in total. The molecule has 18 heavy (non-hydrogen) atoms. The van der Waals surface area contributed by atoms with Gasteiger partial charge in [-0.2, -0.15) is 13.2 Å². The number of hydrogen-bond donors (Lipinski definition) is 2. The first kappa shape index (κ1) is 14.1. The molecule has 0 bridgehead atoms. The van der Waals surface area contributed by atoms with Gasteiger partial charge in [0.2, 0.25) is 0 Å². The van der Waals surface area contributed by atoms with Gasteiger partial charge in [0.15, 0.2) is 0 Å². The van der Waals surface area contributed by atoms with E-state index in [0.29, 0.717) is 5.69 Å². The predicted octanol–water partition coefficient (Wildman–Crippen LogP) is 2.42. The highest BCUT2D eigenvalue weighted by molar-refractivity contribution is 5.96. The molecular weight excluding hydrogens is 249 g/mol. The molecule has 0 spiro atoms. The Bertz CT molecular complexity index is 433. The van der Waals surface area contributed by atoms with Crippen LogP contribution in [0.2, 0.25) is 0 Å². The molecule has 0 heterocycles. The van der Waals surface area contributed by atoms with Crippen molar-refractivity contribution in [2.75, 3.05) is 24.7 Å². The smallest absolute Gasteiger partial charge is 0.390 e. The van der Waals surface area contributed by atoms with E-state index in [1.807, 2.05) is 0 Å². The Kier molecular flexibility index (Phi) is 4.41. The Morgan fingerprint density at radius 3 is 2.67 bits per heavy atom. The van der Waals surface area contributed by atoms with E-state index >= 15 is 0 Å². The van der Waals surface area contributed by atoms with Gasteiger partial charge in [-0.3, -0.25) is 0 Å². The fourth-order valence-electron chi connectivity index (χ4n) is 1.30. The first-order chi connectivity index (χ1) is 8.33. The molecule has 0 saturated carbocycles. The Labute approximate surface area is 102 Å². The number of rotatable bonds is 4. The average molecular weight is 262 g/mol. The van der Waals surface area contributed by atoms with E-state index < -0.39 is 18.6 Å². The molecule has 1 rings (SSSR count). The second-order valence-corrected chi connectivity index (χ2v) is 3.59. The van der Waals surface area contributed by atoms with Crippen molar-refractivity contribution in [3.63, 3.8) is 0 Å². The second kappa shape index (κ2) is 5.61. The Balaban J connectivity index is 2.71. The zero-order chi connectivity index (χ0) is 13.8. The molecule has 7 heteroatoms. The molecule has 0 aliphatic heterocycles. The highest BCUT2D eigenvalue weighted by Crippen LogP contribution is 2.21. The molecule has 1 aromatic carbocycles. The van der Waals surface area contributed by atoms with Gasteiger partial charge in [-0.25, -0.2) is 4.79 Å². The van der Waals surface area contributed by atoms with E-state index in [9.17, 15) is 18.0 Å². The first-order valence-corrected chi connectivity index (χ1v) is 5.12. The van der Waals surface area contributed by atoms with Gasteiger partial charge in [0, 0.05) is 17.9 Å². The number of carbonyl (C=O) groups excluding carboxylic acids is 1. The summed E-state index contributed by atoms with van der Waals surface area (Å²) in [5.41, 5.74) is 6.27. The fraction of sp³-hybridized carbons (Fsp3) is 0.364. The van der Waals surface area contributed by atoms with Crippen LogP contribution in [0.3, 0.4) is 0 Å². The van der Waals surface area contributed by atoms with E-state index in [1.54, 1.807) is 0 Å². The van der Waals surface area contributed by atoms with Crippen LogP contribution >= 0.6 is 0 Å². The minimum absolute atomic E-state index is 0.120. The maximum Gasteiger partial charge on any atom is 0.390 e. The summed E-state index contributed by atoms with van der Waals surface area (Å²) in [6, 6.07) is 4.29. The van der Waals surface area contributed by atoms with Crippen LogP contribution in [0.25, 0.3) is 0 Å². The number of nitrogens with two attached hydrogens (primary N) is 1. The van der Waals surface area contributed by atoms with E-state index in [1.165, 1.54) is 25.3 Å². The minimum atomic E-state index is -4.22. The number of nitrogens with one attached hydrogen (secondary N) is 1.